The normalized spacial score (nSPS) is 20.2. The van der Waals surface area contributed by atoms with Gasteiger partial charge < -0.3 is 9.47 Å². The Kier molecular flexibility index (Phi) is 7.38. The van der Waals surface area contributed by atoms with Crippen LogP contribution < -0.4 is 4.74 Å². The Labute approximate surface area is 195 Å². The third-order valence-electron chi connectivity index (χ3n) is 6.31. The lowest BCUT2D eigenvalue weighted by molar-refractivity contribution is -0.139. The number of hydrogen-bond donors (Lipinski definition) is 0. The minimum Gasteiger partial charge on any atom is -0.493 e. The van der Waals surface area contributed by atoms with Crippen molar-refractivity contribution in [2.24, 2.45) is 10.9 Å². The number of esters is 1. The second kappa shape index (κ2) is 10.6. The zero-order valence-corrected chi connectivity index (χ0v) is 19.4. The van der Waals surface area contributed by atoms with Gasteiger partial charge in [0.25, 0.3) is 0 Å². The minimum atomic E-state index is -0.442. The molecule has 1 fully saturated rings. The molecule has 0 amide bonds. The molecule has 2 unspecified atom stereocenters. The fourth-order valence-corrected chi connectivity index (χ4v) is 4.79. The number of ketones is 1. The smallest absolute Gasteiger partial charge is 0.336 e. The van der Waals surface area contributed by atoms with Crippen molar-refractivity contribution in [1.29, 1.82) is 0 Å². The molecular weight excluding hydrogens is 414 g/mol. The van der Waals surface area contributed by atoms with Crippen LogP contribution in [0.15, 0.2) is 70.9 Å². The van der Waals surface area contributed by atoms with Crippen LogP contribution in [0.1, 0.15) is 56.6 Å². The standard InChI is InChI=1S/C28H31NO4/c1-3-17-32-24-15-8-7-12-21(24)26-25(19(2)29-22-13-9-14-23(30)27(22)26)28(31)33-18-16-20-10-5-4-6-11-20/h4-8,10-12,15,26-27H,3,9,13-14,16-18H2,1-2H3. The van der Waals surface area contributed by atoms with Crippen LogP contribution in [0.3, 0.4) is 0 Å². The summed E-state index contributed by atoms with van der Waals surface area (Å²) < 4.78 is 11.8. The summed E-state index contributed by atoms with van der Waals surface area (Å²) in [7, 11) is 0. The van der Waals surface area contributed by atoms with E-state index in [9.17, 15) is 9.59 Å². The number of aliphatic imine (C=N–C) groups is 1. The van der Waals surface area contributed by atoms with Gasteiger partial charge in [-0.15, -0.1) is 0 Å². The molecular formula is C28H31NO4. The predicted molar refractivity (Wildman–Crippen MR) is 129 cm³/mol. The fourth-order valence-electron chi connectivity index (χ4n) is 4.79. The lowest BCUT2D eigenvalue weighted by Crippen LogP contribution is -2.39. The van der Waals surface area contributed by atoms with Crippen molar-refractivity contribution in [3.8, 4) is 5.75 Å². The van der Waals surface area contributed by atoms with Crippen molar-refractivity contribution >= 4 is 17.5 Å². The van der Waals surface area contributed by atoms with E-state index in [-0.39, 0.29) is 12.4 Å². The first-order chi connectivity index (χ1) is 16.1. The van der Waals surface area contributed by atoms with E-state index < -0.39 is 17.8 Å². The number of fused-ring (bicyclic) bond motifs is 1. The summed E-state index contributed by atoms with van der Waals surface area (Å²) in [6, 6.07) is 17.7. The maximum absolute atomic E-state index is 13.4. The molecule has 0 spiro atoms. The van der Waals surface area contributed by atoms with Crippen molar-refractivity contribution in [2.75, 3.05) is 13.2 Å². The molecule has 2 aromatic rings. The van der Waals surface area contributed by atoms with Crippen molar-refractivity contribution < 1.29 is 19.1 Å². The van der Waals surface area contributed by atoms with Crippen molar-refractivity contribution in [1.82, 2.24) is 0 Å². The zero-order chi connectivity index (χ0) is 23.2. The Morgan fingerprint density at radius 1 is 1.00 bits per heavy atom. The Bertz CT molecular complexity index is 1070. The summed E-state index contributed by atoms with van der Waals surface area (Å²) in [6.07, 6.45) is 3.60. The van der Waals surface area contributed by atoms with E-state index in [4.69, 9.17) is 14.5 Å². The molecule has 0 bridgehead atoms. The average molecular weight is 446 g/mol. The molecule has 0 N–H and O–H groups in total. The van der Waals surface area contributed by atoms with Gasteiger partial charge in [-0.3, -0.25) is 9.79 Å². The molecule has 0 saturated heterocycles. The van der Waals surface area contributed by atoms with Gasteiger partial charge in [0, 0.05) is 35.7 Å². The van der Waals surface area contributed by atoms with Gasteiger partial charge in [-0.25, -0.2) is 4.79 Å². The van der Waals surface area contributed by atoms with Crippen molar-refractivity contribution in [3.63, 3.8) is 0 Å². The number of carbonyl (C=O) groups excluding carboxylic acids is 2. The van der Waals surface area contributed by atoms with Crippen LogP contribution in [-0.4, -0.2) is 30.7 Å². The van der Waals surface area contributed by atoms with Gasteiger partial charge in [0.05, 0.1) is 24.7 Å². The van der Waals surface area contributed by atoms with E-state index in [0.29, 0.717) is 36.5 Å². The highest BCUT2D eigenvalue weighted by atomic mass is 16.5. The molecule has 2 aliphatic rings. The molecule has 1 heterocycles. The molecule has 4 rings (SSSR count). The largest absolute Gasteiger partial charge is 0.493 e. The van der Waals surface area contributed by atoms with Crippen LogP contribution in [0.4, 0.5) is 0 Å². The number of carbonyl (C=O) groups is 2. The van der Waals surface area contributed by atoms with Gasteiger partial charge >= 0.3 is 5.97 Å². The summed E-state index contributed by atoms with van der Waals surface area (Å²) in [5.74, 6) is -0.434. The molecule has 5 nitrogen and oxygen atoms in total. The molecule has 1 aliphatic heterocycles. The van der Waals surface area contributed by atoms with Gasteiger partial charge in [0.15, 0.2) is 0 Å². The number of allylic oxidation sites excluding steroid dienone is 1. The van der Waals surface area contributed by atoms with Crippen molar-refractivity contribution in [3.05, 3.63) is 77.0 Å². The molecule has 2 aromatic carbocycles. The van der Waals surface area contributed by atoms with Crippen LogP contribution in [0, 0.1) is 5.92 Å². The third kappa shape index (κ3) is 5.08. The second-order valence-electron chi connectivity index (χ2n) is 8.64. The Balaban J connectivity index is 1.67. The number of rotatable bonds is 8. The zero-order valence-electron chi connectivity index (χ0n) is 19.4. The van der Waals surface area contributed by atoms with Crippen LogP contribution >= 0.6 is 0 Å². The van der Waals surface area contributed by atoms with E-state index in [1.165, 1.54) is 0 Å². The second-order valence-corrected chi connectivity index (χ2v) is 8.64. The highest BCUT2D eigenvalue weighted by molar-refractivity contribution is 6.11. The number of Topliss-reactive ketones (excluding diaryl/α,β-unsaturated/α-hetero) is 1. The number of ether oxygens (including phenoxy) is 2. The summed E-state index contributed by atoms with van der Waals surface area (Å²) in [4.78, 5) is 31.2. The van der Waals surface area contributed by atoms with Crippen molar-refractivity contribution in [2.45, 2.75) is 51.9 Å². The topological polar surface area (TPSA) is 65.0 Å². The quantitative estimate of drug-likeness (QED) is 0.507. The van der Waals surface area contributed by atoms with Gasteiger partial charge in [-0.1, -0.05) is 55.5 Å². The molecule has 172 valence electrons. The summed E-state index contributed by atoms with van der Waals surface area (Å²) in [5.41, 5.74) is 3.95. The first kappa shape index (κ1) is 23.0. The van der Waals surface area contributed by atoms with Crippen LogP contribution in [0.2, 0.25) is 0 Å². The Hall–Kier alpha value is -3.21. The maximum atomic E-state index is 13.4. The van der Waals surface area contributed by atoms with E-state index in [0.717, 1.165) is 36.1 Å². The van der Waals surface area contributed by atoms with Gasteiger partial charge in [0.1, 0.15) is 11.5 Å². The summed E-state index contributed by atoms with van der Waals surface area (Å²) in [5, 5.41) is 0. The van der Waals surface area contributed by atoms with Gasteiger partial charge in [-0.2, -0.15) is 0 Å². The maximum Gasteiger partial charge on any atom is 0.336 e. The number of hydrogen-bond acceptors (Lipinski definition) is 5. The molecule has 1 saturated carbocycles. The number of benzene rings is 2. The first-order valence-electron chi connectivity index (χ1n) is 11.8. The lowest BCUT2D eigenvalue weighted by atomic mass is 9.69. The van der Waals surface area contributed by atoms with Crippen LogP contribution in [0.5, 0.6) is 5.75 Å². The number of nitrogens with zero attached hydrogens (tertiary/aromatic N) is 1. The molecule has 0 aromatic heterocycles. The average Bonchev–Trinajstić information content (AvgIpc) is 2.83. The SMILES string of the molecule is CCCOc1ccccc1C1C(C(=O)OCCc2ccccc2)=C(C)N=C2CCCC(=O)C21. The number of para-hydroxylation sites is 1. The highest BCUT2D eigenvalue weighted by Gasteiger charge is 2.44. The predicted octanol–water partition coefficient (Wildman–Crippen LogP) is 5.44. The molecule has 33 heavy (non-hydrogen) atoms. The van der Waals surface area contributed by atoms with Crippen LogP contribution in [-0.2, 0) is 20.7 Å². The molecule has 5 heteroatoms. The highest BCUT2D eigenvalue weighted by Crippen LogP contribution is 2.45. The van der Waals surface area contributed by atoms with Crippen LogP contribution in [0.25, 0.3) is 0 Å². The Morgan fingerprint density at radius 3 is 2.55 bits per heavy atom. The van der Waals surface area contributed by atoms with E-state index in [1.807, 2.05) is 61.5 Å². The van der Waals surface area contributed by atoms with E-state index >= 15 is 0 Å². The Morgan fingerprint density at radius 2 is 1.76 bits per heavy atom. The van der Waals surface area contributed by atoms with E-state index in [2.05, 4.69) is 6.92 Å². The summed E-state index contributed by atoms with van der Waals surface area (Å²) in [6.45, 7) is 4.75. The first-order valence-corrected chi connectivity index (χ1v) is 11.8. The lowest BCUT2D eigenvalue weighted by Gasteiger charge is -2.36. The monoisotopic (exact) mass is 445 g/mol. The molecule has 1 aliphatic carbocycles. The van der Waals surface area contributed by atoms with Gasteiger partial charge in [0.2, 0.25) is 0 Å². The molecule has 0 radical (unpaired) electrons. The minimum absolute atomic E-state index is 0.136. The third-order valence-corrected chi connectivity index (χ3v) is 6.31. The van der Waals surface area contributed by atoms with E-state index in [1.54, 1.807) is 0 Å². The summed E-state index contributed by atoms with van der Waals surface area (Å²) >= 11 is 0. The fraction of sp³-hybridized carbons (Fsp3) is 0.393. The van der Waals surface area contributed by atoms with Gasteiger partial charge in [-0.05, 0) is 37.8 Å². The molecule has 2 atom stereocenters.